The van der Waals surface area contributed by atoms with Crippen LogP contribution in [0.1, 0.15) is 11.7 Å². The quantitative estimate of drug-likeness (QED) is 0.535. The molecule has 2 aromatic carbocycles. The topological polar surface area (TPSA) is 104 Å². The maximum absolute atomic E-state index is 12.8. The molecule has 0 unspecified atom stereocenters. The lowest BCUT2D eigenvalue weighted by molar-refractivity contribution is 0.171. The van der Waals surface area contributed by atoms with E-state index in [0.717, 1.165) is 0 Å². The van der Waals surface area contributed by atoms with Crippen LogP contribution in [0.25, 0.3) is 0 Å². The second kappa shape index (κ2) is 8.72. The van der Waals surface area contributed by atoms with Gasteiger partial charge in [0, 0.05) is 26.1 Å². The van der Waals surface area contributed by atoms with Crippen LogP contribution < -0.4 is 14.2 Å². The number of nitrogens with zero attached hydrogens (tertiary/aromatic N) is 3. The number of hydrogen-bond donors (Lipinski definition) is 0. The van der Waals surface area contributed by atoms with E-state index in [2.05, 4.69) is 10.1 Å². The van der Waals surface area contributed by atoms with Crippen molar-refractivity contribution in [2.45, 2.75) is 17.9 Å². The Labute approximate surface area is 174 Å². The average molecular weight is 431 g/mol. The van der Waals surface area contributed by atoms with E-state index in [9.17, 15) is 8.42 Å². The summed E-state index contributed by atoms with van der Waals surface area (Å²) in [5, 5.41) is 3.89. The van der Waals surface area contributed by atoms with Crippen molar-refractivity contribution in [3.05, 3.63) is 60.2 Å². The molecule has 10 heteroatoms. The number of aromatic nitrogens is 2. The van der Waals surface area contributed by atoms with Crippen LogP contribution in [0.4, 0.5) is 0 Å². The summed E-state index contributed by atoms with van der Waals surface area (Å²) in [6.07, 6.45) is 0.301. The minimum absolute atomic E-state index is 0.138. The molecule has 0 spiro atoms. The van der Waals surface area contributed by atoms with Gasteiger partial charge in [-0.25, -0.2) is 12.7 Å². The van der Waals surface area contributed by atoms with Crippen LogP contribution in [0.15, 0.2) is 57.9 Å². The van der Waals surface area contributed by atoms with Crippen LogP contribution in [0, 0.1) is 0 Å². The van der Waals surface area contributed by atoms with Crippen LogP contribution in [-0.2, 0) is 23.1 Å². The van der Waals surface area contributed by atoms with Crippen molar-refractivity contribution in [1.82, 2.24) is 14.4 Å². The zero-order valence-electron chi connectivity index (χ0n) is 16.4. The van der Waals surface area contributed by atoms with Gasteiger partial charge in [0.1, 0.15) is 19.0 Å². The molecule has 0 saturated carbocycles. The monoisotopic (exact) mass is 431 g/mol. The number of para-hydroxylation sites is 1. The minimum atomic E-state index is -3.70. The predicted octanol–water partition coefficient (Wildman–Crippen LogP) is 2.28. The van der Waals surface area contributed by atoms with Gasteiger partial charge in [-0.2, -0.15) is 4.98 Å². The molecule has 1 aliphatic rings. The number of rotatable bonds is 8. The van der Waals surface area contributed by atoms with Gasteiger partial charge in [0.05, 0.1) is 4.90 Å². The second-order valence-electron chi connectivity index (χ2n) is 6.59. The van der Waals surface area contributed by atoms with E-state index in [0.29, 0.717) is 48.6 Å². The van der Waals surface area contributed by atoms with E-state index in [1.165, 1.54) is 23.5 Å². The fourth-order valence-corrected chi connectivity index (χ4v) is 4.04. The van der Waals surface area contributed by atoms with Gasteiger partial charge in [-0.3, -0.25) is 0 Å². The summed E-state index contributed by atoms with van der Waals surface area (Å²) in [6.45, 7) is 1.17. The van der Waals surface area contributed by atoms with E-state index < -0.39 is 10.0 Å². The fraction of sp³-hybridized carbons (Fsp3) is 0.300. The SMILES string of the molecule is CN(CCc1noc(COc2ccccc2)n1)S(=O)(=O)c1ccc2c(c1)OCCO2. The largest absolute Gasteiger partial charge is 0.486 e. The smallest absolute Gasteiger partial charge is 0.264 e. The molecule has 0 aliphatic carbocycles. The van der Waals surface area contributed by atoms with Gasteiger partial charge in [-0.05, 0) is 24.3 Å². The van der Waals surface area contributed by atoms with Crippen LogP contribution in [-0.4, -0.2) is 49.7 Å². The first-order valence-electron chi connectivity index (χ1n) is 9.38. The lowest BCUT2D eigenvalue weighted by atomic mass is 10.3. The highest BCUT2D eigenvalue weighted by Gasteiger charge is 2.24. The number of likely N-dealkylation sites (N-methyl/N-ethyl adjacent to an activating group) is 1. The Morgan fingerprint density at radius 2 is 1.83 bits per heavy atom. The molecule has 2 heterocycles. The Kier molecular flexibility index (Phi) is 5.86. The van der Waals surface area contributed by atoms with Gasteiger partial charge < -0.3 is 18.7 Å². The third-order valence-electron chi connectivity index (χ3n) is 4.49. The van der Waals surface area contributed by atoms with Gasteiger partial charge in [-0.15, -0.1) is 0 Å². The first kappa shape index (κ1) is 20.2. The first-order chi connectivity index (χ1) is 14.5. The van der Waals surface area contributed by atoms with Gasteiger partial charge in [0.15, 0.2) is 23.9 Å². The molecular weight excluding hydrogens is 410 g/mol. The van der Waals surface area contributed by atoms with Crippen molar-refractivity contribution in [2.75, 3.05) is 26.8 Å². The van der Waals surface area contributed by atoms with E-state index >= 15 is 0 Å². The van der Waals surface area contributed by atoms with E-state index in [1.807, 2.05) is 30.3 Å². The zero-order valence-corrected chi connectivity index (χ0v) is 17.2. The lowest BCUT2D eigenvalue weighted by Gasteiger charge is -2.21. The molecule has 0 radical (unpaired) electrons. The molecule has 0 fully saturated rings. The Balaban J connectivity index is 1.35. The van der Waals surface area contributed by atoms with Crippen molar-refractivity contribution in [2.24, 2.45) is 0 Å². The highest BCUT2D eigenvalue weighted by atomic mass is 32.2. The minimum Gasteiger partial charge on any atom is -0.486 e. The van der Waals surface area contributed by atoms with Crippen molar-refractivity contribution in [1.29, 1.82) is 0 Å². The fourth-order valence-electron chi connectivity index (χ4n) is 2.85. The van der Waals surface area contributed by atoms with Crippen molar-refractivity contribution in [3.8, 4) is 17.2 Å². The summed E-state index contributed by atoms with van der Waals surface area (Å²) >= 11 is 0. The molecule has 0 bridgehead atoms. The normalized spacial score (nSPS) is 13.4. The second-order valence-corrected chi connectivity index (χ2v) is 8.63. The van der Waals surface area contributed by atoms with Crippen LogP contribution in [0.5, 0.6) is 17.2 Å². The van der Waals surface area contributed by atoms with Crippen LogP contribution in [0.3, 0.4) is 0 Å². The van der Waals surface area contributed by atoms with Crippen molar-refractivity contribution < 1.29 is 27.2 Å². The molecule has 4 rings (SSSR count). The van der Waals surface area contributed by atoms with Crippen LogP contribution >= 0.6 is 0 Å². The summed E-state index contributed by atoms with van der Waals surface area (Å²) in [5.74, 6) is 2.40. The summed E-state index contributed by atoms with van der Waals surface area (Å²) in [4.78, 5) is 4.39. The Morgan fingerprint density at radius 3 is 2.63 bits per heavy atom. The zero-order chi connectivity index (χ0) is 21.0. The molecule has 1 aliphatic heterocycles. The molecule has 158 valence electrons. The molecule has 9 nitrogen and oxygen atoms in total. The van der Waals surface area contributed by atoms with E-state index in [4.69, 9.17) is 18.7 Å². The highest BCUT2D eigenvalue weighted by Crippen LogP contribution is 2.32. The van der Waals surface area contributed by atoms with Gasteiger partial charge >= 0.3 is 0 Å². The Hall–Kier alpha value is -3.11. The summed E-state index contributed by atoms with van der Waals surface area (Å²) in [5.41, 5.74) is 0. The average Bonchev–Trinajstić information content (AvgIpc) is 3.24. The Morgan fingerprint density at radius 1 is 1.07 bits per heavy atom. The molecule has 0 amide bonds. The standard InChI is InChI=1S/C20H21N3O6S/c1-23(30(24,25)16-7-8-17-18(13-16)27-12-11-26-17)10-9-19-21-20(29-22-19)14-28-15-5-3-2-4-6-15/h2-8,13H,9-12,14H2,1H3. The van der Waals surface area contributed by atoms with Gasteiger partial charge in [0.2, 0.25) is 10.0 Å². The lowest BCUT2D eigenvalue weighted by Crippen LogP contribution is -2.29. The maximum atomic E-state index is 12.8. The molecular formula is C20H21N3O6S. The van der Waals surface area contributed by atoms with Gasteiger partial charge in [0.25, 0.3) is 5.89 Å². The first-order valence-corrected chi connectivity index (χ1v) is 10.8. The summed E-state index contributed by atoms with van der Waals surface area (Å²) in [6, 6.07) is 13.9. The summed E-state index contributed by atoms with van der Waals surface area (Å²) < 4.78 is 48.6. The van der Waals surface area contributed by atoms with Crippen molar-refractivity contribution in [3.63, 3.8) is 0 Å². The molecule has 0 N–H and O–H groups in total. The highest BCUT2D eigenvalue weighted by molar-refractivity contribution is 7.89. The van der Waals surface area contributed by atoms with Crippen LogP contribution in [0.2, 0.25) is 0 Å². The van der Waals surface area contributed by atoms with Crippen molar-refractivity contribution >= 4 is 10.0 Å². The molecule has 3 aromatic rings. The van der Waals surface area contributed by atoms with E-state index in [1.54, 1.807) is 6.07 Å². The molecule has 1 aromatic heterocycles. The molecule has 0 atom stereocenters. The molecule has 0 saturated heterocycles. The van der Waals surface area contributed by atoms with Gasteiger partial charge in [-0.1, -0.05) is 23.4 Å². The number of sulfonamides is 1. The third-order valence-corrected chi connectivity index (χ3v) is 6.34. The number of fused-ring (bicyclic) bond motifs is 1. The Bertz CT molecular complexity index is 1100. The third kappa shape index (κ3) is 4.55. The summed E-state index contributed by atoms with van der Waals surface area (Å²) in [7, 11) is -2.19. The molecule has 30 heavy (non-hydrogen) atoms. The number of hydrogen-bond acceptors (Lipinski definition) is 8. The number of ether oxygens (including phenoxy) is 3. The predicted molar refractivity (Wildman–Crippen MR) is 106 cm³/mol. The number of benzene rings is 2. The maximum Gasteiger partial charge on any atom is 0.264 e. The van der Waals surface area contributed by atoms with E-state index in [-0.39, 0.29) is 18.0 Å².